The van der Waals surface area contributed by atoms with Crippen LogP contribution in [-0.2, 0) is 12.8 Å². The molecule has 0 saturated heterocycles. The van der Waals surface area contributed by atoms with Gasteiger partial charge in [0.25, 0.3) is 5.91 Å². The molecule has 7 heteroatoms. The maximum Gasteiger partial charge on any atom is 0.272 e. The average molecular weight is 376 g/mol. The fourth-order valence-corrected chi connectivity index (χ4v) is 3.77. The van der Waals surface area contributed by atoms with Crippen molar-refractivity contribution in [2.24, 2.45) is 5.41 Å². The number of nitrogens with zero attached hydrogens (tertiary/aromatic N) is 3. The SMILES string of the molecule is CN(C)CC(C)(C)CNC(=O)c1nn(-c2ccc(F)c(F)c2)c2c1CCC2. The first-order valence-electron chi connectivity index (χ1n) is 9.17. The van der Waals surface area contributed by atoms with Gasteiger partial charge >= 0.3 is 0 Å². The Labute approximate surface area is 158 Å². The largest absolute Gasteiger partial charge is 0.350 e. The molecule has 1 aliphatic rings. The first kappa shape index (κ1) is 19.5. The Bertz CT molecular complexity index is 858. The van der Waals surface area contributed by atoms with E-state index in [0.717, 1.165) is 49.2 Å². The molecule has 0 bridgehead atoms. The zero-order chi connectivity index (χ0) is 19.8. The lowest BCUT2D eigenvalue weighted by molar-refractivity contribution is 0.0923. The molecule has 0 spiro atoms. The van der Waals surface area contributed by atoms with Gasteiger partial charge in [-0.3, -0.25) is 4.79 Å². The van der Waals surface area contributed by atoms with Gasteiger partial charge in [-0.2, -0.15) is 5.10 Å². The van der Waals surface area contributed by atoms with Crippen LogP contribution in [0, 0.1) is 17.0 Å². The van der Waals surface area contributed by atoms with Gasteiger partial charge in [0.05, 0.1) is 5.69 Å². The molecule has 5 nitrogen and oxygen atoms in total. The Morgan fingerprint density at radius 1 is 1.26 bits per heavy atom. The molecular formula is C20H26F2N4O. The monoisotopic (exact) mass is 376 g/mol. The van der Waals surface area contributed by atoms with Gasteiger partial charge in [-0.05, 0) is 50.9 Å². The molecular weight excluding hydrogens is 350 g/mol. The molecule has 1 heterocycles. The predicted octanol–water partition coefficient (Wildman–Crippen LogP) is 2.96. The second-order valence-electron chi connectivity index (χ2n) is 8.22. The van der Waals surface area contributed by atoms with Crippen molar-refractivity contribution in [2.75, 3.05) is 27.2 Å². The van der Waals surface area contributed by atoms with Crippen molar-refractivity contribution >= 4 is 5.91 Å². The fraction of sp³-hybridized carbons (Fsp3) is 0.500. The van der Waals surface area contributed by atoms with E-state index in [1.165, 1.54) is 6.07 Å². The Hall–Kier alpha value is -2.28. The summed E-state index contributed by atoms with van der Waals surface area (Å²) in [6, 6.07) is 3.67. The van der Waals surface area contributed by atoms with Crippen LogP contribution in [0.5, 0.6) is 0 Å². The molecule has 27 heavy (non-hydrogen) atoms. The van der Waals surface area contributed by atoms with Gasteiger partial charge < -0.3 is 10.2 Å². The van der Waals surface area contributed by atoms with E-state index >= 15 is 0 Å². The molecule has 1 aromatic heterocycles. The highest BCUT2D eigenvalue weighted by Crippen LogP contribution is 2.28. The van der Waals surface area contributed by atoms with Gasteiger partial charge in [0.2, 0.25) is 0 Å². The van der Waals surface area contributed by atoms with Crippen molar-refractivity contribution in [3.63, 3.8) is 0 Å². The lowest BCUT2D eigenvalue weighted by atomic mass is 9.93. The summed E-state index contributed by atoms with van der Waals surface area (Å²) in [6.07, 6.45) is 2.45. The minimum atomic E-state index is -0.925. The van der Waals surface area contributed by atoms with E-state index in [4.69, 9.17) is 0 Å². The number of hydrogen-bond donors (Lipinski definition) is 1. The topological polar surface area (TPSA) is 50.2 Å². The summed E-state index contributed by atoms with van der Waals surface area (Å²) < 4.78 is 28.5. The number of carbonyl (C=O) groups excluding carboxylic acids is 1. The number of benzene rings is 1. The van der Waals surface area contributed by atoms with Crippen molar-refractivity contribution in [1.82, 2.24) is 20.0 Å². The van der Waals surface area contributed by atoms with Crippen molar-refractivity contribution in [1.29, 1.82) is 0 Å². The van der Waals surface area contributed by atoms with E-state index in [0.29, 0.717) is 17.9 Å². The van der Waals surface area contributed by atoms with Crippen LogP contribution in [-0.4, -0.2) is 47.8 Å². The number of fused-ring (bicyclic) bond motifs is 1. The molecule has 0 unspecified atom stereocenters. The molecule has 0 fully saturated rings. The van der Waals surface area contributed by atoms with Crippen molar-refractivity contribution in [3.05, 3.63) is 46.8 Å². The molecule has 2 aromatic rings. The minimum Gasteiger partial charge on any atom is -0.350 e. The fourth-order valence-electron chi connectivity index (χ4n) is 3.77. The van der Waals surface area contributed by atoms with E-state index in [-0.39, 0.29) is 11.3 Å². The molecule has 0 saturated carbocycles. The van der Waals surface area contributed by atoms with Crippen LogP contribution < -0.4 is 5.32 Å². The third-order valence-electron chi connectivity index (χ3n) is 4.76. The van der Waals surface area contributed by atoms with Gasteiger partial charge in [-0.1, -0.05) is 13.8 Å². The van der Waals surface area contributed by atoms with Crippen LogP contribution in [0.3, 0.4) is 0 Å². The quantitative estimate of drug-likeness (QED) is 0.843. The second kappa shape index (κ2) is 7.38. The van der Waals surface area contributed by atoms with Gasteiger partial charge in [-0.15, -0.1) is 0 Å². The molecule has 3 rings (SSSR count). The van der Waals surface area contributed by atoms with Crippen LogP contribution in [0.25, 0.3) is 5.69 Å². The summed E-state index contributed by atoms with van der Waals surface area (Å²) in [5.41, 5.74) is 2.54. The highest BCUT2D eigenvalue weighted by molar-refractivity contribution is 5.94. The Morgan fingerprint density at radius 3 is 2.67 bits per heavy atom. The number of hydrogen-bond acceptors (Lipinski definition) is 3. The number of halogens is 2. The lowest BCUT2D eigenvalue weighted by Gasteiger charge is -2.28. The summed E-state index contributed by atoms with van der Waals surface area (Å²) in [4.78, 5) is 14.9. The minimum absolute atomic E-state index is 0.0784. The normalized spacial score (nSPS) is 13.9. The molecule has 1 N–H and O–H groups in total. The predicted molar refractivity (Wildman–Crippen MR) is 100 cm³/mol. The van der Waals surface area contributed by atoms with Crippen LogP contribution in [0.2, 0.25) is 0 Å². The maximum atomic E-state index is 13.6. The summed E-state index contributed by atoms with van der Waals surface area (Å²) in [5.74, 6) is -2.05. The van der Waals surface area contributed by atoms with Gasteiger partial charge in [0.1, 0.15) is 0 Å². The molecule has 0 radical (unpaired) electrons. The molecule has 1 aliphatic carbocycles. The summed E-state index contributed by atoms with van der Waals surface area (Å²) in [7, 11) is 4.00. The third-order valence-corrected chi connectivity index (χ3v) is 4.76. The third kappa shape index (κ3) is 4.18. The smallest absolute Gasteiger partial charge is 0.272 e. The van der Waals surface area contributed by atoms with Gasteiger partial charge in [0.15, 0.2) is 17.3 Å². The molecule has 0 atom stereocenters. The maximum absolute atomic E-state index is 13.6. The lowest BCUT2D eigenvalue weighted by Crippen LogP contribution is -2.40. The zero-order valence-corrected chi connectivity index (χ0v) is 16.3. The number of aromatic nitrogens is 2. The summed E-state index contributed by atoms with van der Waals surface area (Å²) in [5, 5.41) is 7.42. The van der Waals surface area contributed by atoms with Crippen LogP contribution in [0.15, 0.2) is 18.2 Å². The molecule has 1 aromatic carbocycles. The Kier molecular flexibility index (Phi) is 5.33. The number of nitrogens with one attached hydrogen (secondary N) is 1. The van der Waals surface area contributed by atoms with Crippen molar-refractivity contribution < 1.29 is 13.6 Å². The van der Waals surface area contributed by atoms with Crippen LogP contribution in [0.4, 0.5) is 8.78 Å². The molecule has 146 valence electrons. The summed E-state index contributed by atoms with van der Waals surface area (Å²) >= 11 is 0. The second-order valence-corrected chi connectivity index (χ2v) is 8.22. The van der Waals surface area contributed by atoms with E-state index < -0.39 is 11.6 Å². The highest BCUT2D eigenvalue weighted by atomic mass is 19.2. The van der Waals surface area contributed by atoms with Crippen molar-refractivity contribution in [2.45, 2.75) is 33.1 Å². The Morgan fingerprint density at radius 2 is 2.00 bits per heavy atom. The molecule has 1 amide bonds. The van der Waals surface area contributed by atoms with Gasteiger partial charge in [0, 0.05) is 30.4 Å². The number of amides is 1. The van der Waals surface area contributed by atoms with E-state index in [1.807, 2.05) is 14.1 Å². The first-order valence-corrected chi connectivity index (χ1v) is 9.17. The van der Waals surface area contributed by atoms with E-state index in [1.54, 1.807) is 4.68 Å². The van der Waals surface area contributed by atoms with E-state index in [2.05, 4.69) is 29.2 Å². The van der Waals surface area contributed by atoms with Crippen molar-refractivity contribution in [3.8, 4) is 5.69 Å². The molecule has 0 aliphatic heterocycles. The van der Waals surface area contributed by atoms with E-state index in [9.17, 15) is 13.6 Å². The highest BCUT2D eigenvalue weighted by Gasteiger charge is 2.28. The summed E-state index contributed by atoms with van der Waals surface area (Å²) in [6.45, 7) is 5.56. The van der Waals surface area contributed by atoms with Crippen LogP contribution in [0.1, 0.15) is 42.0 Å². The van der Waals surface area contributed by atoms with Crippen LogP contribution >= 0.6 is 0 Å². The Balaban J connectivity index is 1.84. The average Bonchev–Trinajstić information content (AvgIpc) is 3.16. The standard InChI is InChI=1S/C20H26F2N4O/c1-20(2,12-25(3)4)11-23-19(27)18-14-6-5-7-17(14)26(24-18)13-8-9-15(21)16(22)10-13/h8-10H,5-7,11-12H2,1-4H3,(H,23,27). The zero-order valence-electron chi connectivity index (χ0n) is 16.3. The first-order chi connectivity index (χ1) is 12.7. The number of carbonyl (C=O) groups is 1. The van der Waals surface area contributed by atoms with Gasteiger partial charge in [-0.25, -0.2) is 13.5 Å². The number of rotatable bonds is 6.